The van der Waals surface area contributed by atoms with Crippen LogP contribution in [0.25, 0.3) is 0 Å². The number of carbonyl (C=O) groups excluding carboxylic acids is 1. The Balaban J connectivity index is 1.32. The second kappa shape index (κ2) is 7.27. The van der Waals surface area contributed by atoms with Crippen molar-refractivity contribution in [3.8, 4) is 5.75 Å². The smallest absolute Gasteiger partial charge is 0.308 e. The molecule has 2 aliphatic carbocycles. The van der Waals surface area contributed by atoms with Crippen LogP contribution in [0.3, 0.4) is 0 Å². The van der Waals surface area contributed by atoms with Crippen molar-refractivity contribution in [1.29, 1.82) is 0 Å². The molecule has 1 saturated heterocycles. The molecule has 0 radical (unpaired) electrons. The third-order valence-electron chi connectivity index (χ3n) is 5.67. The Hall–Kier alpha value is -1.47. The number of benzene rings is 1. The van der Waals surface area contributed by atoms with E-state index in [0.717, 1.165) is 51.4 Å². The molecule has 142 valence electrons. The van der Waals surface area contributed by atoms with Crippen molar-refractivity contribution in [2.45, 2.75) is 82.2 Å². The van der Waals surface area contributed by atoms with Gasteiger partial charge < -0.3 is 4.74 Å². The molecule has 2 saturated carbocycles. The maximum absolute atomic E-state index is 11.0. The first kappa shape index (κ1) is 17.9. The molecule has 6 nitrogen and oxygen atoms in total. The molecule has 2 spiro atoms. The molecule has 3 aliphatic rings. The number of esters is 1. The maximum Gasteiger partial charge on any atom is 0.308 e. The van der Waals surface area contributed by atoms with Crippen molar-refractivity contribution >= 4 is 5.97 Å². The minimum absolute atomic E-state index is 0.306. The van der Waals surface area contributed by atoms with Crippen LogP contribution in [-0.2, 0) is 24.3 Å². The van der Waals surface area contributed by atoms with Crippen LogP contribution in [0, 0.1) is 0 Å². The van der Waals surface area contributed by atoms with Crippen LogP contribution >= 0.6 is 0 Å². The van der Waals surface area contributed by atoms with E-state index in [9.17, 15) is 4.79 Å². The van der Waals surface area contributed by atoms with Crippen LogP contribution in [0.5, 0.6) is 5.75 Å². The van der Waals surface area contributed by atoms with Crippen LogP contribution < -0.4 is 4.74 Å². The molecule has 0 bridgehead atoms. The Morgan fingerprint density at radius 1 is 0.885 bits per heavy atom. The molecule has 26 heavy (non-hydrogen) atoms. The first-order chi connectivity index (χ1) is 12.6. The highest BCUT2D eigenvalue weighted by molar-refractivity contribution is 5.69. The topological polar surface area (TPSA) is 63.2 Å². The van der Waals surface area contributed by atoms with Crippen LogP contribution in [0.4, 0.5) is 0 Å². The predicted octanol–water partition coefficient (Wildman–Crippen LogP) is 4.54. The zero-order valence-electron chi connectivity index (χ0n) is 15.2. The quantitative estimate of drug-likeness (QED) is 0.437. The molecule has 0 atom stereocenters. The Morgan fingerprint density at radius 2 is 1.42 bits per heavy atom. The van der Waals surface area contributed by atoms with E-state index in [2.05, 4.69) is 0 Å². The number of hydrogen-bond donors (Lipinski definition) is 0. The van der Waals surface area contributed by atoms with E-state index >= 15 is 0 Å². The summed E-state index contributed by atoms with van der Waals surface area (Å²) >= 11 is 0. The van der Waals surface area contributed by atoms with Gasteiger partial charge in [0.1, 0.15) is 5.75 Å². The second-order valence-corrected chi connectivity index (χ2v) is 7.65. The zero-order chi connectivity index (χ0) is 18.0. The molecular formula is C20H26O6. The van der Waals surface area contributed by atoms with Gasteiger partial charge >= 0.3 is 5.97 Å². The predicted molar refractivity (Wildman–Crippen MR) is 91.8 cm³/mol. The Morgan fingerprint density at radius 3 is 1.96 bits per heavy atom. The molecular weight excluding hydrogens is 336 g/mol. The lowest BCUT2D eigenvalue weighted by Gasteiger charge is -2.46. The molecule has 1 aromatic carbocycles. The number of carbonyl (C=O) groups is 1. The van der Waals surface area contributed by atoms with Crippen molar-refractivity contribution in [2.75, 3.05) is 0 Å². The van der Waals surface area contributed by atoms with Gasteiger partial charge in [-0.05, 0) is 49.3 Å². The van der Waals surface area contributed by atoms with Gasteiger partial charge in [0.2, 0.25) is 11.6 Å². The van der Waals surface area contributed by atoms with Gasteiger partial charge in [0, 0.05) is 32.6 Å². The van der Waals surface area contributed by atoms with Crippen molar-refractivity contribution in [1.82, 2.24) is 0 Å². The zero-order valence-corrected chi connectivity index (χ0v) is 15.2. The van der Waals surface area contributed by atoms with Crippen LogP contribution in [-0.4, -0.2) is 17.5 Å². The highest BCUT2D eigenvalue weighted by Gasteiger charge is 2.50. The van der Waals surface area contributed by atoms with Crippen LogP contribution in [0.2, 0.25) is 0 Å². The van der Waals surface area contributed by atoms with E-state index in [1.807, 2.05) is 24.3 Å². The van der Waals surface area contributed by atoms with Gasteiger partial charge in [0.25, 0.3) is 0 Å². The summed E-state index contributed by atoms with van der Waals surface area (Å²) < 4.78 is 5.09. The van der Waals surface area contributed by atoms with E-state index in [-0.39, 0.29) is 5.97 Å². The molecule has 4 rings (SSSR count). The van der Waals surface area contributed by atoms with E-state index in [1.165, 1.54) is 18.9 Å². The van der Waals surface area contributed by atoms with Gasteiger partial charge in [-0.2, -0.15) is 19.6 Å². The molecule has 1 aromatic rings. The van der Waals surface area contributed by atoms with Crippen LogP contribution in [0.15, 0.2) is 24.3 Å². The molecule has 6 heteroatoms. The highest BCUT2D eigenvalue weighted by atomic mass is 17.4. The van der Waals surface area contributed by atoms with Crippen molar-refractivity contribution in [2.24, 2.45) is 0 Å². The first-order valence-electron chi connectivity index (χ1n) is 9.60. The summed E-state index contributed by atoms with van der Waals surface area (Å²) in [7, 11) is 0. The Labute approximate surface area is 153 Å². The summed E-state index contributed by atoms with van der Waals surface area (Å²) in [6.45, 7) is 1.40. The largest absolute Gasteiger partial charge is 0.427 e. The Kier molecular flexibility index (Phi) is 5.01. The first-order valence-corrected chi connectivity index (χ1v) is 9.60. The van der Waals surface area contributed by atoms with E-state index < -0.39 is 11.6 Å². The average Bonchev–Trinajstić information content (AvgIpc) is 2.66. The number of hydrogen-bond acceptors (Lipinski definition) is 6. The molecule has 0 N–H and O–H groups in total. The summed E-state index contributed by atoms with van der Waals surface area (Å²) in [6.07, 6.45) is 8.28. The SMILES string of the molecule is CC(=O)Oc1ccc(C2CCC3(CC2)OOC2(CCCCC2)OO3)cc1. The maximum atomic E-state index is 11.0. The molecule has 0 amide bonds. The summed E-state index contributed by atoms with van der Waals surface area (Å²) in [4.78, 5) is 33.9. The van der Waals surface area contributed by atoms with Gasteiger partial charge in [-0.25, -0.2) is 0 Å². The minimum atomic E-state index is -0.781. The summed E-state index contributed by atoms with van der Waals surface area (Å²) in [6, 6.07) is 7.72. The summed E-state index contributed by atoms with van der Waals surface area (Å²) in [5, 5.41) is 0. The monoisotopic (exact) mass is 362 g/mol. The van der Waals surface area contributed by atoms with E-state index in [0.29, 0.717) is 11.7 Å². The number of rotatable bonds is 2. The summed E-state index contributed by atoms with van der Waals surface area (Å²) in [5.74, 6) is -0.791. The fourth-order valence-corrected chi connectivity index (χ4v) is 4.12. The lowest BCUT2D eigenvalue weighted by Crippen LogP contribution is -2.52. The standard InChI is InChI=1S/C20H26O6/c1-15(21)22-18-7-5-16(6-8-18)17-9-13-20(14-10-17)25-23-19(24-26-20)11-3-2-4-12-19/h5-8,17H,2-4,9-14H2,1H3. The van der Waals surface area contributed by atoms with Gasteiger partial charge in [0.05, 0.1) is 0 Å². The molecule has 0 aromatic heterocycles. The lowest BCUT2D eigenvalue weighted by atomic mass is 9.81. The minimum Gasteiger partial charge on any atom is -0.427 e. The average molecular weight is 362 g/mol. The van der Waals surface area contributed by atoms with Gasteiger partial charge in [0.15, 0.2) is 0 Å². The van der Waals surface area contributed by atoms with Crippen molar-refractivity contribution < 1.29 is 29.1 Å². The lowest BCUT2D eigenvalue weighted by molar-refractivity contribution is -0.662. The van der Waals surface area contributed by atoms with E-state index in [1.54, 1.807) is 0 Å². The normalized spacial score (nSPS) is 25.3. The van der Waals surface area contributed by atoms with Crippen LogP contribution in [0.1, 0.15) is 76.2 Å². The van der Waals surface area contributed by atoms with Crippen molar-refractivity contribution in [3.05, 3.63) is 29.8 Å². The Bertz CT molecular complexity index is 614. The molecule has 3 fully saturated rings. The second-order valence-electron chi connectivity index (χ2n) is 7.65. The molecule has 1 aliphatic heterocycles. The third kappa shape index (κ3) is 3.78. The fourth-order valence-electron chi connectivity index (χ4n) is 4.12. The summed E-state index contributed by atoms with van der Waals surface area (Å²) in [5.41, 5.74) is 1.23. The van der Waals surface area contributed by atoms with E-state index in [4.69, 9.17) is 24.3 Å². The van der Waals surface area contributed by atoms with Crippen molar-refractivity contribution in [3.63, 3.8) is 0 Å². The molecule has 0 unspecified atom stereocenters. The highest BCUT2D eigenvalue weighted by Crippen LogP contribution is 2.46. The fraction of sp³-hybridized carbons (Fsp3) is 0.650. The van der Waals surface area contributed by atoms with Gasteiger partial charge in [-0.3, -0.25) is 4.79 Å². The molecule has 1 heterocycles. The number of ether oxygens (including phenoxy) is 1. The van der Waals surface area contributed by atoms with Gasteiger partial charge in [-0.1, -0.05) is 18.6 Å². The van der Waals surface area contributed by atoms with Gasteiger partial charge in [-0.15, -0.1) is 0 Å². The third-order valence-corrected chi connectivity index (χ3v) is 5.67.